The Morgan fingerprint density at radius 3 is 2.47 bits per heavy atom. The van der Waals surface area contributed by atoms with Gasteiger partial charge in [-0.15, -0.1) is 0 Å². The molecule has 0 atom stereocenters. The zero-order valence-corrected chi connectivity index (χ0v) is 19.5. The summed E-state index contributed by atoms with van der Waals surface area (Å²) in [5.41, 5.74) is 3.68. The molecule has 7 heteroatoms. The number of aryl methyl sites for hydroxylation is 1. The number of thiazole rings is 1. The van der Waals surface area contributed by atoms with Crippen molar-refractivity contribution in [1.82, 2.24) is 4.57 Å². The van der Waals surface area contributed by atoms with Crippen LogP contribution in [0.5, 0.6) is 0 Å². The van der Waals surface area contributed by atoms with Crippen molar-refractivity contribution in [3.05, 3.63) is 57.3 Å². The Kier molecular flexibility index (Phi) is 7.69. The van der Waals surface area contributed by atoms with Crippen LogP contribution in [-0.4, -0.2) is 36.8 Å². The van der Waals surface area contributed by atoms with Gasteiger partial charge < -0.3 is 14.2 Å². The van der Waals surface area contributed by atoms with Gasteiger partial charge in [-0.1, -0.05) is 22.9 Å². The van der Waals surface area contributed by atoms with Crippen molar-refractivity contribution in [2.75, 3.05) is 31.2 Å². The van der Waals surface area contributed by atoms with Gasteiger partial charge in [0.1, 0.15) is 0 Å². The number of fused-ring (bicyclic) bond motifs is 1. The number of hydrogen-bond acceptors (Lipinski definition) is 4. The summed E-state index contributed by atoms with van der Waals surface area (Å²) >= 11 is 7.85. The fourth-order valence-corrected chi connectivity index (χ4v) is 4.73. The maximum absolute atomic E-state index is 12.9. The van der Waals surface area contributed by atoms with Gasteiger partial charge in [0.15, 0.2) is 4.80 Å². The monoisotopic (exact) mass is 445 g/mol. The molecule has 3 aromatic rings. The Labute approximate surface area is 186 Å². The smallest absolute Gasteiger partial charge is 0.279 e. The van der Waals surface area contributed by atoms with Crippen LogP contribution in [0.25, 0.3) is 10.2 Å². The third-order valence-electron chi connectivity index (χ3n) is 5.13. The standard InChI is InChI=1S/C23H28ClN3O2S/c1-5-26(6-2)18-10-8-17(9-11-18)22(28)25-23-27(14-15-29-7-3)21-16(4)19(24)12-13-20(21)30-23/h8-13H,5-7,14-15H2,1-4H3. The van der Waals surface area contributed by atoms with E-state index in [1.54, 1.807) is 0 Å². The van der Waals surface area contributed by atoms with Crippen LogP contribution in [0.1, 0.15) is 36.7 Å². The number of benzene rings is 2. The predicted octanol–water partition coefficient (Wildman–Crippen LogP) is 5.29. The highest BCUT2D eigenvalue weighted by Crippen LogP contribution is 2.27. The Morgan fingerprint density at radius 1 is 1.13 bits per heavy atom. The van der Waals surface area contributed by atoms with E-state index in [2.05, 4.69) is 23.7 Å². The van der Waals surface area contributed by atoms with Crippen LogP contribution < -0.4 is 9.70 Å². The fraction of sp³-hybridized carbons (Fsp3) is 0.391. The van der Waals surface area contributed by atoms with Gasteiger partial charge >= 0.3 is 0 Å². The molecule has 0 bridgehead atoms. The van der Waals surface area contributed by atoms with Crippen molar-refractivity contribution in [2.45, 2.75) is 34.2 Å². The van der Waals surface area contributed by atoms with Crippen LogP contribution in [-0.2, 0) is 11.3 Å². The molecule has 0 saturated carbocycles. The molecule has 0 saturated heterocycles. The highest BCUT2D eigenvalue weighted by molar-refractivity contribution is 7.16. The molecule has 2 aromatic carbocycles. The average molecular weight is 446 g/mol. The van der Waals surface area contributed by atoms with Crippen LogP contribution in [0, 0.1) is 6.92 Å². The molecular formula is C23H28ClN3O2S. The molecule has 1 aromatic heterocycles. The SMILES string of the molecule is CCOCCn1c(=NC(=O)c2ccc(N(CC)CC)cc2)sc2ccc(Cl)c(C)c21. The minimum atomic E-state index is -0.249. The number of carbonyl (C=O) groups is 1. The number of ether oxygens (including phenoxy) is 1. The Bertz CT molecular complexity index is 1080. The van der Waals surface area contributed by atoms with Gasteiger partial charge in [0.2, 0.25) is 0 Å². The summed E-state index contributed by atoms with van der Waals surface area (Å²) in [5.74, 6) is -0.249. The maximum atomic E-state index is 12.9. The number of halogens is 1. The van der Waals surface area contributed by atoms with Gasteiger partial charge in [-0.05, 0) is 69.7 Å². The topological polar surface area (TPSA) is 46.8 Å². The molecular weight excluding hydrogens is 418 g/mol. The normalized spacial score (nSPS) is 12.0. The third-order valence-corrected chi connectivity index (χ3v) is 6.59. The molecule has 0 N–H and O–H groups in total. The summed E-state index contributed by atoms with van der Waals surface area (Å²) < 4.78 is 8.64. The van der Waals surface area contributed by atoms with Gasteiger partial charge in [0.25, 0.3) is 5.91 Å². The van der Waals surface area contributed by atoms with Gasteiger partial charge in [0, 0.05) is 42.5 Å². The van der Waals surface area contributed by atoms with Crippen LogP contribution in [0.15, 0.2) is 41.4 Å². The first-order valence-corrected chi connectivity index (χ1v) is 11.5. The summed E-state index contributed by atoms with van der Waals surface area (Å²) in [4.78, 5) is 20.3. The number of hydrogen-bond donors (Lipinski definition) is 0. The van der Waals surface area contributed by atoms with Crippen molar-refractivity contribution in [3.63, 3.8) is 0 Å². The summed E-state index contributed by atoms with van der Waals surface area (Å²) in [5, 5.41) is 0.704. The first-order chi connectivity index (χ1) is 14.5. The van der Waals surface area contributed by atoms with E-state index in [1.165, 1.54) is 11.3 Å². The van der Waals surface area contributed by atoms with E-state index >= 15 is 0 Å². The van der Waals surface area contributed by atoms with Crippen LogP contribution in [0.2, 0.25) is 5.02 Å². The van der Waals surface area contributed by atoms with E-state index < -0.39 is 0 Å². The Morgan fingerprint density at radius 2 is 1.83 bits per heavy atom. The molecule has 0 aliphatic carbocycles. The van der Waals surface area contributed by atoms with E-state index in [-0.39, 0.29) is 5.91 Å². The third kappa shape index (κ3) is 4.77. The zero-order valence-electron chi connectivity index (χ0n) is 17.9. The molecule has 0 fully saturated rings. The second kappa shape index (κ2) is 10.2. The predicted molar refractivity (Wildman–Crippen MR) is 126 cm³/mol. The second-order valence-corrected chi connectivity index (χ2v) is 8.30. The molecule has 0 aliphatic rings. The van der Waals surface area contributed by atoms with E-state index in [0.29, 0.717) is 35.1 Å². The Hall–Kier alpha value is -2.15. The molecule has 5 nitrogen and oxygen atoms in total. The maximum Gasteiger partial charge on any atom is 0.279 e. The minimum Gasteiger partial charge on any atom is -0.380 e. The first kappa shape index (κ1) is 22.5. The summed E-state index contributed by atoms with van der Waals surface area (Å²) in [6.45, 7) is 11.9. The largest absolute Gasteiger partial charge is 0.380 e. The highest BCUT2D eigenvalue weighted by atomic mass is 35.5. The van der Waals surface area contributed by atoms with E-state index in [0.717, 1.165) is 34.6 Å². The van der Waals surface area contributed by atoms with Gasteiger partial charge in [-0.25, -0.2) is 0 Å². The number of anilines is 1. The molecule has 0 radical (unpaired) electrons. The number of amides is 1. The number of carbonyl (C=O) groups excluding carboxylic acids is 1. The van der Waals surface area contributed by atoms with Crippen LogP contribution in [0.4, 0.5) is 5.69 Å². The molecule has 3 rings (SSSR count). The summed E-state index contributed by atoms with van der Waals surface area (Å²) in [6.07, 6.45) is 0. The average Bonchev–Trinajstić information content (AvgIpc) is 3.10. The van der Waals surface area contributed by atoms with Crippen molar-refractivity contribution in [3.8, 4) is 0 Å². The van der Waals surface area contributed by atoms with Crippen molar-refractivity contribution in [2.24, 2.45) is 4.99 Å². The fourth-order valence-electron chi connectivity index (χ4n) is 3.46. The number of rotatable bonds is 8. The number of aromatic nitrogens is 1. The first-order valence-electron chi connectivity index (χ1n) is 10.3. The summed E-state index contributed by atoms with van der Waals surface area (Å²) in [6, 6.07) is 11.5. The van der Waals surface area contributed by atoms with Crippen molar-refractivity contribution in [1.29, 1.82) is 0 Å². The Balaban J connectivity index is 2.01. The summed E-state index contributed by atoms with van der Waals surface area (Å²) in [7, 11) is 0. The van der Waals surface area contributed by atoms with E-state index in [9.17, 15) is 4.79 Å². The lowest BCUT2D eigenvalue weighted by Crippen LogP contribution is -2.22. The van der Waals surface area contributed by atoms with E-state index in [1.807, 2.05) is 54.8 Å². The molecule has 1 heterocycles. The molecule has 30 heavy (non-hydrogen) atoms. The van der Waals surface area contributed by atoms with Gasteiger partial charge in [0.05, 0.1) is 16.8 Å². The lowest BCUT2D eigenvalue weighted by atomic mass is 10.2. The quantitative estimate of drug-likeness (QED) is 0.442. The van der Waals surface area contributed by atoms with Crippen molar-refractivity contribution < 1.29 is 9.53 Å². The minimum absolute atomic E-state index is 0.249. The van der Waals surface area contributed by atoms with E-state index in [4.69, 9.17) is 16.3 Å². The number of nitrogens with zero attached hydrogens (tertiary/aromatic N) is 3. The van der Waals surface area contributed by atoms with Crippen LogP contribution in [0.3, 0.4) is 0 Å². The second-order valence-electron chi connectivity index (χ2n) is 6.89. The molecule has 1 amide bonds. The molecule has 0 aliphatic heterocycles. The lowest BCUT2D eigenvalue weighted by molar-refractivity contribution is 0.0996. The highest BCUT2D eigenvalue weighted by Gasteiger charge is 2.13. The van der Waals surface area contributed by atoms with Crippen LogP contribution >= 0.6 is 22.9 Å². The molecule has 160 valence electrons. The molecule has 0 unspecified atom stereocenters. The van der Waals surface area contributed by atoms with Gasteiger partial charge in [-0.3, -0.25) is 4.79 Å². The van der Waals surface area contributed by atoms with Crippen molar-refractivity contribution >= 4 is 44.7 Å². The van der Waals surface area contributed by atoms with Gasteiger partial charge in [-0.2, -0.15) is 4.99 Å². The molecule has 0 spiro atoms. The zero-order chi connectivity index (χ0) is 21.7. The lowest BCUT2D eigenvalue weighted by Gasteiger charge is -2.20.